The lowest BCUT2D eigenvalue weighted by molar-refractivity contribution is -0.990. The van der Waals surface area contributed by atoms with Crippen LogP contribution >= 0.6 is 11.6 Å². The van der Waals surface area contributed by atoms with Crippen LogP contribution in [0.1, 0.15) is 81.6 Å². The van der Waals surface area contributed by atoms with E-state index in [0.717, 1.165) is 87.6 Å². The van der Waals surface area contributed by atoms with Crippen LogP contribution in [0.15, 0.2) is 95.7 Å². The Bertz CT molecular complexity index is 2630. The molecular weight excluding hydrogens is 878 g/mol. The van der Waals surface area contributed by atoms with E-state index in [2.05, 4.69) is 73.8 Å². The molecule has 1 aliphatic heterocycles. The molecule has 2 aromatic heterocycles. The van der Waals surface area contributed by atoms with E-state index in [9.17, 15) is 23.6 Å². The van der Waals surface area contributed by atoms with E-state index in [0.29, 0.717) is 60.4 Å². The van der Waals surface area contributed by atoms with Crippen molar-refractivity contribution in [2.45, 2.75) is 82.7 Å². The second-order valence-electron chi connectivity index (χ2n) is 18.8. The molecule has 2 aliphatic carbocycles. The Morgan fingerprint density at radius 2 is 1.83 bits per heavy atom. The Labute approximate surface area is 392 Å². The standard InChI is InChI=1S/C49H62ClN9O6S/c1-32-31-58(23-22-52-32)39-11-4-33(5-12-39)28-55-44-15-13-41(26-45(44)59(61)62)66(63,64)57-48(60)42-14-10-38(25-46(42)65-40-24-35-17-19-54-47(35)56-30-40)53-21-20-51-29-36-16-18-49(2,3)27-43(36)34-6-8-37(50)9-7-34/h6-10,13-15,17,19,24-26,30,32-33,39,51-53,55,59,61H,4-5,11-12,16,18,20-23,27-29,31H2,1-3H3,(H,54,56)(H,57,60)/t32-,33-,39-/m0/s1. The molecule has 3 heterocycles. The number of piperazine rings is 1. The fourth-order valence-corrected chi connectivity index (χ4v) is 10.7. The zero-order valence-corrected chi connectivity index (χ0v) is 39.5. The lowest BCUT2D eigenvalue weighted by Gasteiger charge is -2.41. The number of H-pyrrole nitrogens is 1. The Morgan fingerprint density at radius 1 is 1.03 bits per heavy atom. The van der Waals surface area contributed by atoms with Crippen molar-refractivity contribution >= 4 is 61.2 Å². The van der Waals surface area contributed by atoms with E-state index < -0.39 is 21.2 Å². The molecule has 0 radical (unpaired) electrons. The lowest BCUT2D eigenvalue weighted by Crippen LogP contribution is -2.99. The summed E-state index contributed by atoms with van der Waals surface area (Å²) in [6.07, 6.45) is 10.6. The van der Waals surface area contributed by atoms with Gasteiger partial charge in [0.2, 0.25) is 0 Å². The quantitative estimate of drug-likeness (QED) is 0.0339. The smallest absolute Gasteiger partial charge is 0.268 e. The average Bonchev–Trinajstić information content (AvgIpc) is 3.77. The number of sulfonamides is 1. The molecule has 2 fully saturated rings. The highest BCUT2D eigenvalue weighted by Crippen LogP contribution is 2.43. The molecule has 66 heavy (non-hydrogen) atoms. The number of hydrogen-bond donors (Lipinski definition) is 8. The van der Waals surface area contributed by atoms with Crippen molar-refractivity contribution in [3.63, 3.8) is 0 Å². The molecule has 1 unspecified atom stereocenters. The van der Waals surface area contributed by atoms with Gasteiger partial charge in [0.1, 0.15) is 17.1 Å². The van der Waals surface area contributed by atoms with Gasteiger partial charge in [-0.2, -0.15) is 5.23 Å². The summed E-state index contributed by atoms with van der Waals surface area (Å²) in [7, 11) is -4.52. The minimum absolute atomic E-state index is 0.0452. The van der Waals surface area contributed by atoms with Crippen LogP contribution in [0.5, 0.6) is 11.5 Å². The fraction of sp³-hybridized carbons (Fsp3) is 0.429. The highest BCUT2D eigenvalue weighted by molar-refractivity contribution is 7.90. The first kappa shape index (κ1) is 47.5. The summed E-state index contributed by atoms with van der Waals surface area (Å²) in [6, 6.07) is 21.4. The van der Waals surface area contributed by atoms with Crippen molar-refractivity contribution in [3.05, 3.63) is 112 Å². The molecular formula is C49H62ClN9O6S. The van der Waals surface area contributed by atoms with Gasteiger partial charge in [-0.1, -0.05) is 43.2 Å². The van der Waals surface area contributed by atoms with Crippen molar-refractivity contribution < 1.29 is 28.4 Å². The number of anilines is 2. The van der Waals surface area contributed by atoms with Gasteiger partial charge in [-0.15, -0.1) is 0 Å². The highest BCUT2D eigenvalue weighted by Gasteiger charge is 2.30. The number of allylic oxidation sites excluding steroid dienone is 1. The van der Waals surface area contributed by atoms with Crippen molar-refractivity contribution in [1.29, 1.82) is 0 Å². The largest absolute Gasteiger partial charge is 0.595 e. The van der Waals surface area contributed by atoms with Gasteiger partial charge in [0.15, 0.2) is 5.69 Å². The SMILES string of the molecule is C[C@H]1CN([C@H]2CC[C@H](CNc3ccc(S(=O)(=O)NC(=O)c4ccc(NCCNCC5=C(c6ccc(Cl)cc6)CC(C)(C)CC5)cc4Oc4cnc5[nH]ccc5c4)cc3[NH+]([O-])O)CC2)CCN1. The second kappa shape index (κ2) is 20.9. The van der Waals surface area contributed by atoms with Crippen molar-refractivity contribution in [2.75, 3.05) is 56.4 Å². The number of benzene rings is 3. The summed E-state index contributed by atoms with van der Waals surface area (Å²) < 4.78 is 35.9. The first-order chi connectivity index (χ1) is 31.7. The molecule has 5 aromatic rings. The van der Waals surface area contributed by atoms with Crippen molar-refractivity contribution in [1.82, 2.24) is 30.2 Å². The molecule has 8 N–H and O–H groups in total. The number of carbonyl (C=O) groups is 1. The number of halogens is 1. The molecule has 8 rings (SSSR count). The number of pyridine rings is 1. The number of amides is 1. The molecule has 0 spiro atoms. The van der Waals surface area contributed by atoms with Gasteiger partial charge in [0.25, 0.3) is 15.9 Å². The highest BCUT2D eigenvalue weighted by atomic mass is 35.5. The Hall–Kier alpha value is -5.04. The topological polar surface area (TPSA) is 200 Å². The van der Waals surface area contributed by atoms with Gasteiger partial charge < -0.3 is 36.2 Å². The number of aromatic nitrogens is 2. The Kier molecular flexibility index (Phi) is 15.0. The number of nitrogens with one attached hydrogen (secondary N) is 7. The number of ether oxygens (including phenoxy) is 1. The molecule has 1 amide bonds. The van der Waals surface area contributed by atoms with Gasteiger partial charge in [0.05, 0.1) is 22.3 Å². The Morgan fingerprint density at radius 3 is 2.61 bits per heavy atom. The summed E-state index contributed by atoms with van der Waals surface area (Å²) >= 11 is 6.20. The molecule has 3 aliphatic rings. The molecule has 0 bridgehead atoms. The number of carbonyl (C=O) groups excluding carboxylic acids is 1. The molecule has 15 nitrogen and oxygen atoms in total. The summed E-state index contributed by atoms with van der Waals surface area (Å²) in [5, 5.41) is 36.6. The van der Waals surface area contributed by atoms with Crippen molar-refractivity contribution in [2.24, 2.45) is 11.3 Å². The molecule has 1 saturated carbocycles. The van der Waals surface area contributed by atoms with Crippen LogP contribution in [0.4, 0.5) is 17.1 Å². The minimum atomic E-state index is -4.52. The average molecular weight is 941 g/mol. The zero-order valence-electron chi connectivity index (χ0n) is 37.9. The maximum absolute atomic E-state index is 13.9. The van der Waals surface area contributed by atoms with Crippen LogP contribution in [0, 0.1) is 16.5 Å². The van der Waals surface area contributed by atoms with Crippen molar-refractivity contribution in [3.8, 4) is 11.5 Å². The molecule has 352 valence electrons. The molecule has 3 aromatic carbocycles. The number of hydrogen-bond acceptors (Lipinski definition) is 12. The van der Waals surface area contributed by atoms with E-state index >= 15 is 0 Å². The number of fused-ring (bicyclic) bond motifs is 1. The third-order valence-electron chi connectivity index (χ3n) is 13.2. The van der Waals surface area contributed by atoms with E-state index in [1.807, 2.05) is 18.2 Å². The third-order valence-corrected chi connectivity index (χ3v) is 14.8. The van der Waals surface area contributed by atoms with Crippen LogP contribution in [-0.4, -0.2) is 92.3 Å². The zero-order chi connectivity index (χ0) is 46.4. The Balaban J connectivity index is 0.922. The van der Waals surface area contributed by atoms with E-state index in [1.54, 1.807) is 24.4 Å². The number of quaternary nitrogens is 1. The summed E-state index contributed by atoms with van der Waals surface area (Å²) in [5.41, 5.74) is 5.56. The van der Waals surface area contributed by atoms with Crippen LogP contribution in [-0.2, 0) is 10.0 Å². The van der Waals surface area contributed by atoms with Crippen LogP contribution in [0.2, 0.25) is 5.02 Å². The molecule has 1 saturated heterocycles. The normalized spacial score (nSPS) is 20.8. The van der Waals surface area contributed by atoms with Gasteiger partial charge in [-0.3, -0.25) is 9.69 Å². The van der Waals surface area contributed by atoms with Crippen LogP contribution in [0.25, 0.3) is 16.6 Å². The monoisotopic (exact) mass is 939 g/mol. The maximum Gasteiger partial charge on any atom is 0.268 e. The predicted octanol–water partition coefficient (Wildman–Crippen LogP) is 7.46. The lowest BCUT2D eigenvalue weighted by atomic mass is 9.72. The second-order valence-corrected chi connectivity index (χ2v) is 20.9. The summed E-state index contributed by atoms with van der Waals surface area (Å²) in [5.74, 6) is -0.135. The van der Waals surface area contributed by atoms with Gasteiger partial charge >= 0.3 is 0 Å². The van der Waals surface area contributed by atoms with Crippen LogP contribution < -0.4 is 36.0 Å². The molecule has 17 heteroatoms. The van der Waals surface area contributed by atoms with Gasteiger partial charge in [0, 0.05) is 92.3 Å². The van der Waals surface area contributed by atoms with Crippen LogP contribution in [0.3, 0.4) is 0 Å². The summed E-state index contributed by atoms with van der Waals surface area (Å²) in [6.45, 7) is 12.5. The molecule has 2 atom stereocenters. The number of aromatic amines is 1. The van der Waals surface area contributed by atoms with E-state index in [4.69, 9.17) is 16.3 Å². The van der Waals surface area contributed by atoms with Gasteiger partial charge in [-0.25, -0.2) is 23.3 Å². The minimum Gasteiger partial charge on any atom is -0.595 e. The summed E-state index contributed by atoms with van der Waals surface area (Å²) in [4.78, 5) is 23.6. The predicted molar refractivity (Wildman–Crippen MR) is 260 cm³/mol. The van der Waals surface area contributed by atoms with E-state index in [1.165, 1.54) is 41.1 Å². The van der Waals surface area contributed by atoms with E-state index in [-0.39, 0.29) is 27.3 Å². The first-order valence-corrected chi connectivity index (χ1v) is 24.9. The fourth-order valence-electron chi connectivity index (χ4n) is 9.55. The first-order valence-electron chi connectivity index (χ1n) is 23.0. The number of nitrogens with zero attached hydrogens (tertiary/aromatic N) is 2. The maximum atomic E-state index is 13.9. The van der Waals surface area contributed by atoms with Gasteiger partial charge in [-0.05, 0) is 123 Å². The third kappa shape index (κ3) is 11.9. The number of rotatable bonds is 17.